The first kappa shape index (κ1) is 18.0. The van der Waals surface area contributed by atoms with Crippen molar-refractivity contribution in [3.8, 4) is 11.5 Å². The predicted octanol–water partition coefficient (Wildman–Crippen LogP) is 1.13. The van der Waals surface area contributed by atoms with Gasteiger partial charge in [-0.25, -0.2) is 4.79 Å². The molecule has 3 rings (SSSR count). The van der Waals surface area contributed by atoms with Gasteiger partial charge in [0.15, 0.2) is 0 Å². The highest BCUT2D eigenvalue weighted by Gasteiger charge is 2.42. The number of carbonyl (C=O) groups is 3. The van der Waals surface area contributed by atoms with Gasteiger partial charge in [0.25, 0.3) is 0 Å². The van der Waals surface area contributed by atoms with Crippen molar-refractivity contribution in [2.24, 2.45) is 5.92 Å². The summed E-state index contributed by atoms with van der Waals surface area (Å²) >= 11 is 0. The van der Waals surface area contributed by atoms with Gasteiger partial charge in [0.2, 0.25) is 11.8 Å². The molecule has 1 unspecified atom stereocenters. The van der Waals surface area contributed by atoms with Crippen molar-refractivity contribution in [3.05, 3.63) is 18.2 Å². The van der Waals surface area contributed by atoms with Gasteiger partial charge in [-0.2, -0.15) is 0 Å². The Hall–Kier alpha value is -2.77. The number of hydrogen-bond acceptors (Lipinski definition) is 5. The average Bonchev–Trinajstić information content (AvgIpc) is 3.27. The van der Waals surface area contributed by atoms with Gasteiger partial charge >= 0.3 is 5.97 Å². The molecule has 2 saturated heterocycles. The maximum Gasteiger partial charge on any atom is 0.326 e. The summed E-state index contributed by atoms with van der Waals surface area (Å²) in [7, 11) is 3.05. The fourth-order valence-electron chi connectivity index (χ4n) is 3.59. The molecule has 1 aromatic rings. The van der Waals surface area contributed by atoms with Gasteiger partial charge in [-0.15, -0.1) is 0 Å². The molecule has 8 nitrogen and oxygen atoms in total. The van der Waals surface area contributed by atoms with E-state index in [1.165, 1.54) is 24.0 Å². The number of carboxylic acids is 1. The van der Waals surface area contributed by atoms with Crippen LogP contribution in [0.15, 0.2) is 18.2 Å². The summed E-state index contributed by atoms with van der Waals surface area (Å²) in [4.78, 5) is 39.5. The van der Waals surface area contributed by atoms with E-state index in [0.717, 1.165) is 0 Å². The van der Waals surface area contributed by atoms with Crippen LogP contribution in [-0.2, 0) is 14.4 Å². The second kappa shape index (κ2) is 7.23. The lowest BCUT2D eigenvalue weighted by Gasteiger charge is -2.24. The van der Waals surface area contributed by atoms with Crippen LogP contribution >= 0.6 is 0 Å². The highest BCUT2D eigenvalue weighted by Crippen LogP contribution is 2.33. The number of carbonyl (C=O) groups excluding carboxylic acids is 2. The van der Waals surface area contributed by atoms with Crippen LogP contribution in [0.1, 0.15) is 19.3 Å². The number of carboxylic acid groups (broad SMARTS) is 1. The van der Waals surface area contributed by atoms with Gasteiger partial charge in [0.1, 0.15) is 17.5 Å². The lowest BCUT2D eigenvalue weighted by Crippen LogP contribution is -2.44. The molecule has 140 valence electrons. The molecule has 0 bridgehead atoms. The highest BCUT2D eigenvalue weighted by molar-refractivity contribution is 6.01. The van der Waals surface area contributed by atoms with Crippen LogP contribution in [0.3, 0.4) is 0 Å². The van der Waals surface area contributed by atoms with Crippen molar-refractivity contribution >= 4 is 23.5 Å². The normalized spacial score (nSPS) is 22.6. The fourth-order valence-corrected chi connectivity index (χ4v) is 3.59. The van der Waals surface area contributed by atoms with Crippen molar-refractivity contribution in [1.82, 2.24) is 4.90 Å². The number of nitrogens with zero attached hydrogens (tertiary/aromatic N) is 2. The van der Waals surface area contributed by atoms with E-state index in [4.69, 9.17) is 9.47 Å². The summed E-state index contributed by atoms with van der Waals surface area (Å²) in [6, 6.07) is 4.34. The first-order valence-corrected chi connectivity index (χ1v) is 8.51. The monoisotopic (exact) mass is 362 g/mol. The van der Waals surface area contributed by atoms with Crippen molar-refractivity contribution < 1.29 is 29.0 Å². The zero-order valence-corrected chi connectivity index (χ0v) is 14.8. The van der Waals surface area contributed by atoms with Gasteiger partial charge in [0, 0.05) is 37.7 Å². The quantitative estimate of drug-likeness (QED) is 0.844. The van der Waals surface area contributed by atoms with E-state index < -0.39 is 17.9 Å². The molecule has 2 aliphatic heterocycles. The Bertz CT molecular complexity index is 712. The third-order valence-electron chi connectivity index (χ3n) is 4.94. The van der Waals surface area contributed by atoms with Crippen LogP contribution in [0.4, 0.5) is 5.69 Å². The van der Waals surface area contributed by atoms with E-state index in [1.807, 2.05) is 0 Å². The highest BCUT2D eigenvalue weighted by atomic mass is 16.5. The molecule has 2 fully saturated rings. The summed E-state index contributed by atoms with van der Waals surface area (Å²) in [5.74, 6) is -0.876. The third kappa shape index (κ3) is 3.31. The first-order chi connectivity index (χ1) is 12.4. The molecular formula is C18H22N2O6. The van der Waals surface area contributed by atoms with Gasteiger partial charge in [-0.1, -0.05) is 0 Å². The first-order valence-electron chi connectivity index (χ1n) is 8.51. The van der Waals surface area contributed by atoms with E-state index >= 15 is 0 Å². The minimum Gasteiger partial charge on any atom is -0.497 e. The molecule has 2 amide bonds. The topological polar surface area (TPSA) is 96.4 Å². The second-order valence-electron chi connectivity index (χ2n) is 6.50. The minimum atomic E-state index is -0.991. The molecule has 0 spiro atoms. The maximum absolute atomic E-state index is 12.8. The van der Waals surface area contributed by atoms with Crippen LogP contribution in [0.2, 0.25) is 0 Å². The second-order valence-corrected chi connectivity index (χ2v) is 6.50. The summed E-state index contributed by atoms with van der Waals surface area (Å²) in [5, 5.41) is 9.27. The zero-order valence-electron chi connectivity index (χ0n) is 14.8. The van der Waals surface area contributed by atoms with Crippen molar-refractivity contribution in [2.75, 3.05) is 32.2 Å². The molecule has 1 aromatic carbocycles. The van der Waals surface area contributed by atoms with Crippen LogP contribution in [-0.4, -0.2) is 61.1 Å². The Balaban J connectivity index is 1.78. The number of amides is 2. The van der Waals surface area contributed by atoms with Crippen LogP contribution in [0.25, 0.3) is 0 Å². The number of rotatable bonds is 5. The van der Waals surface area contributed by atoms with Gasteiger partial charge in [-0.3, -0.25) is 9.59 Å². The van der Waals surface area contributed by atoms with Crippen LogP contribution in [0, 0.1) is 5.92 Å². The number of likely N-dealkylation sites (tertiary alicyclic amines) is 1. The lowest BCUT2D eigenvalue weighted by molar-refractivity contribution is -0.149. The largest absolute Gasteiger partial charge is 0.497 e. The number of aliphatic carboxylic acids is 1. The fraction of sp³-hybridized carbons (Fsp3) is 0.500. The Morgan fingerprint density at radius 1 is 1.15 bits per heavy atom. The summed E-state index contributed by atoms with van der Waals surface area (Å²) < 4.78 is 10.5. The maximum atomic E-state index is 12.8. The molecule has 26 heavy (non-hydrogen) atoms. The molecule has 0 aliphatic carbocycles. The third-order valence-corrected chi connectivity index (χ3v) is 4.94. The smallest absolute Gasteiger partial charge is 0.326 e. The van der Waals surface area contributed by atoms with E-state index in [9.17, 15) is 19.5 Å². The molecule has 0 saturated carbocycles. The Morgan fingerprint density at radius 3 is 2.38 bits per heavy atom. The molecular weight excluding hydrogens is 340 g/mol. The van der Waals surface area contributed by atoms with Crippen molar-refractivity contribution in [3.63, 3.8) is 0 Å². The van der Waals surface area contributed by atoms with E-state index in [1.54, 1.807) is 18.2 Å². The molecule has 2 atom stereocenters. The van der Waals surface area contributed by atoms with E-state index in [-0.39, 0.29) is 24.8 Å². The summed E-state index contributed by atoms with van der Waals surface area (Å²) in [6.45, 7) is 0.643. The average molecular weight is 362 g/mol. The Labute approximate surface area is 151 Å². The van der Waals surface area contributed by atoms with Crippen LogP contribution < -0.4 is 14.4 Å². The lowest BCUT2D eigenvalue weighted by atomic mass is 10.1. The molecule has 0 aromatic heterocycles. The van der Waals surface area contributed by atoms with Gasteiger partial charge in [-0.05, 0) is 12.8 Å². The molecule has 0 radical (unpaired) electrons. The Morgan fingerprint density at radius 2 is 1.81 bits per heavy atom. The SMILES string of the molecule is COc1cc(OC)cc(N2CC(C(=O)N3CCC[C@H]3C(=O)O)CC2=O)c1. The van der Waals surface area contributed by atoms with Crippen molar-refractivity contribution in [2.45, 2.75) is 25.3 Å². The van der Waals surface area contributed by atoms with Gasteiger partial charge < -0.3 is 24.4 Å². The standard InChI is InChI=1S/C18H22N2O6/c1-25-13-7-12(8-14(9-13)26-2)20-10-11(6-16(20)21)17(22)19-5-3-4-15(19)18(23)24/h7-9,11,15H,3-6,10H2,1-2H3,(H,23,24)/t11?,15-/m0/s1. The van der Waals surface area contributed by atoms with E-state index in [2.05, 4.69) is 0 Å². The number of methoxy groups -OCH3 is 2. The molecule has 1 N–H and O–H groups in total. The van der Waals surface area contributed by atoms with E-state index in [0.29, 0.717) is 36.6 Å². The minimum absolute atomic E-state index is 0.0706. The number of ether oxygens (including phenoxy) is 2. The molecule has 2 heterocycles. The summed E-state index contributed by atoms with van der Waals surface area (Å²) in [6.07, 6.45) is 1.19. The van der Waals surface area contributed by atoms with Crippen LogP contribution in [0.5, 0.6) is 11.5 Å². The number of benzene rings is 1. The molecule has 2 aliphatic rings. The zero-order chi connectivity index (χ0) is 18.8. The van der Waals surface area contributed by atoms with Crippen molar-refractivity contribution in [1.29, 1.82) is 0 Å². The summed E-state index contributed by atoms with van der Waals surface area (Å²) in [5.41, 5.74) is 0.595. The predicted molar refractivity (Wildman–Crippen MR) is 92.4 cm³/mol. The Kier molecular flexibility index (Phi) is 5.01. The number of anilines is 1. The van der Waals surface area contributed by atoms with Gasteiger partial charge in [0.05, 0.1) is 25.8 Å². The molecule has 8 heteroatoms. The number of hydrogen-bond donors (Lipinski definition) is 1.